The van der Waals surface area contributed by atoms with Crippen LogP contribution < -0.4 is 4.74 Å². The lowest BCUT2D eigenvalue weighted by molar-refractivity contribution is 0.122. The van der Waals surface area contributed by atoms with Gasteiger partial charge in [-0.15, -0.1) is 0 Å². The van der Waals surface area contributed by atoms with Gasteiger partial charge in [0, 0.05) is 12.3 Å². The minimum atomic E-state index is -0.447. The number of aromatic nitrogens is 1. The second-order valence-electron chi connectivity index (χ2n) is 2.47. The van der Waals surface area contributed by atoms with Gasteiger partial charge in [-0.25, -0.2) is 4.98 Å². The lowest BCUT2D eigenvalue weighted by Crippen LogP contribution is -2.12. The van der Waals surface area contributed by atoms with E-state index in [2.05, 4.69) is 20.9 Å². The summed E-state index contributed by atoms with van der Waals surface area (Å²) >= 11 is 3.22. The molecular formula is C8H10BrNO2. The molecule has 1 unspecified atom stereocenters. The fraction of sp³-hybridized carbons (Fsp3) is 0.375. The predicted octanol–water partition coefficient (Wildman–Crippen LogP) is 1.60. The van der Waals surface area contributed by atoms with Crippen LogP contribution >= 0.6 is 15.9 Å². The van der Waals surface area contributed by atoms with E-state index in [0.29, 0.717) is 12.4 Å². The van der Waals surface area contributed by atoms with E-state index in [4.69, 9.17) is 9.84 Å². The molecular weight excluding hydrogens is 222 g/mol. The van der Waals surface area contributed by atoms with Crippen molar-refractivity contribution in [1.29, 1.82) is 0 Å². The van der Waals surface area contributed by atoms with Crippen molar-refractivity contribution in [1.82, 2.24) is 4.98 Å². The molecule has 0 saturated carbocycles. The van der Waals surface area contributed by atoms with Crippen LogP contribution in [0.5, 0.6) is 5.75 Å². The van der Waals surface area contributed by atoms with Gasteiger partial charge in [0.15, 0.2) is 0 Å². The van der Waals surface area contributed by atoms with E-state index in [1.165, 1.54) is 0 Å². The highest BCUT2D eigenvalue weighted by atomic mass is 79.9. The lowest BCUT2D eigenvalue weighted by atomic mass is 10.4. The van der Waals surface area contributed by atoms with Crippen LogP contribution in [0.3, 0.4) is 0 Å². The second-order valence-corrected chi connectivity index (χ2v) is 3.29. The third kappa shape index (κ3) is 3.19. The zero-order valence-corrected chi connectivity index (χ0v) is 8.28. The number of pyridine rings is 1. The average molecular weight is 232 g/mol. The fourth-order valence-corrected chi connectivity index (χ4v) is 1.04. The van der Waals surface area contributed by atoms with Crippen LogP contribution in [0, 0.1) is 0 Å². The summed E-state index contributed by atoms with van der Waals surface area (Å²) < 4.78 is 5.96. The SMILES string of the molecule is CC(O)COc1ccnc(Br)c1. The molecule has 0 radical (unpaired) electrons. The molecule has 4 heteroatoms. The van der Waals surface area contributed by atoms with Crippen LogP contribution in [-0.2, 0) is 0 Å². The van der Waals surface area contributed by atoms with Crippen molar-refractivity contribution in [3.05, 3.63) is 22.9 Å². The average Bonchev–Trinajstić information content (AvgIpc) is 2.01. The van der Waals surface area contributed by atoms with Gasteiger partial charge in [0.1, 0.15) is 17.0 Å². The summed E-state index contributed by atoms with van der Waals surface area (Å²) in [5.41, 5.74) is 0. The Bertz CT molecular complexity index is 253. The van der Waals surface area contributed by atoms with Crippen molar-refractivity contribution in [2.45, 2.75) is 13.0 Å². The Labute approximate surface area is 79.5 Å². The van der Waals surface area contributed by atoms with E-state index in [1.54, 1.807) is 25.3 Å². The highest BCUT2D eigenvalue weighted by molar-refractivity contribution is 9.10. The van der Waals surface area contributed by atoms with E-state index < -0.39 is 6.10 Å². The number of hydrogen-bond acceptors (Lipinski definition) is 3. The van der Waals surface area contributed by atoms with Crippen LogP contribution in [0.1, 0.15) is 6.92 Å². The van der Waals surface area contributed by atoms with Crippen molar-refractivity contribution >= 4 is 15.9 Å². The molecule has 0 aliphatic heterocycles. The minimum Gasteiger partial charge on any atom is -0.491 e. The van der Waals surface area contributed by atoms with Crippen LogP contribution in [0.2, 0.25) is 0 Å². The van der Waals surface area contributed by atoms with E-state index in [9.17, 15) is 0 Å². The van der Waals surface area contributed by atoms with Crippen LogP contribution in [-0.4, -0.2) is 22.8 Å². The summed E-state index contributed by atoms with van der Waals surface area (Å²) in [5, 5.41) is 8.93. The predicted molar refractivity (Wildman–Crippen MR) is 49.1 cm³/mol. The molecule has 1 aromatic heterocycles. The largest absolute Gasteiger partial charge is 0.491 e. The molecule has 0 saturated heterocycles. The smallest absolute Gasteiger partial charge is 0.123 e. The second kappa shape index (κ2) is 4.42. The lowest BCUT2D eigenvalue weighted by Gasteiger charge is -2.07. The highest BCUT2D eigenvalue weighted by Crippen LogP contribution is 2.14. The van der Waals surface area contributed by atoms with Gasteiger partial charge in [-0.2, -0.15) is 0 Å². The van der Waals surface area contributed by atoms with E-state index in [0.717, 1.165) is 4.60 Å². The Morgan fingerprint density at radius 3 is 3.08 bits per heavy atom. The third-order valence-electron chi connectivity index (χ3n) is 1.19. The minimum absolute atomic E-state index is 0.302. The maximum absolute atomic E-state index is 8.93. The summed E-state index contributed by atoms with van der Waals surface area (Å²) in [6.45, 7) is 1.98. The number of ether oxygens (including phenoxy) is 1. The molecule has 12 heavy (non-hydrogen) atoms. The Kier molecular flexibility index (Phi) is 3.49. The molecule has 1 N–H and O–H groups in total. The van der Waals surface area contributed by atoms with Gasteiger partial charge in [-0.05, 0) is 28.9 Å². The first-order valence-corrected chi connectivity index (χ1v) is 4.40. The molecule has 0 fully saturated rings. The van der Waals surface area contributed by atoms with Crippen molar-refractivity contribution in [2.75, 3.05) is 6.61 Å². The van der Waals surface area contributed by atoms with E-state index in [1.807, 2.05) is 0 Å². The standard InChI is InChI=1S/C8H10BrNO2/c1-6(11)5-12-7-2-3-10-8(9)4-7/h2-4,6,11H,5H2,1H3. The van der Waals surface area contributed by atoms with Gasteiger partial charge in [0.25, 0.3) is 0 Å². The zero-order valence-electron chi connectivity index (χ0n) is 6.70. The number of aliphatic hydroxyl groups is 1. The Morgan fingerprint density at radius 1 is 1.75 bits per heavy atom. The van der Waals surface area contributed by atoms with Crippen molar-refractivity contribution in [2.24, 2.45) is 0 Å². The van der Waals surface area contributed by atoms with Gasteiger partial charge in [-0.1, -0.05) is 0 Å². The van der Waals surface area contributed by atoms with Crippen molar-refractivity contribution in [3.8, 4) is 5.75 Å². The number of rotatable bonds is 3. The Hall–Kier alpha value is -0.610. The van der Waals surface area contributed by atoms with E-state index >= 15 is 0 Å². The topological polar surface area (TPSA) is 42.4 Å². The maximum Gasteiger partial charge on any atom is 0.123 e. The summed E-state index contributed by atoms with van der Waals surface area (Å²) in [6.07, 6.45) is 1.19. The molecule has 0 aliphatic rings. The van der Waals surface area contributed by atoms with Gasteiger partial charge in [0.2, 0.25) is 0 Å². The fourth-order valence-electron chi connectivity index (χ4n) is 0.691. The molecule has 1 heterocycles. The van der Waals surface area contributed by atoms with Crippen molar-refractivity contribution in [3.63, 3.8) is 0 Å². The molecule has 1 atom stereocenters. The highest BCUT2D eigenvalue weighted by Gasteiger charge is 1.98. The first-order chi connectivity index (χ1) is 5.68. The molecule has 3 nitrogen and oxygen atoms in total. The monoisotopic (exact) mass is 231 g/mol. The molecule has 1 rings (SSSR count). The molecule has 0 aliphatic carbocycles. The molecule has 66 valence electrons. The molecule has 1 aromatic rings. The first-order valence-electron chi connectivity index (χ1n) is 3.61. The molecule has 0 aromatic carbocycles. The van der Waals surface area contributed by atoms with Crippen LogP contribution in [0.25, 0.3) is 0 Å². The van der Waals surface area contributed by atoms with Crippen LogP contribution in [0.4, 0.5) is 0 Å². The molecule has 0 bridgehead atoms. The summed E-state index contributed by atoms with van der Waals surface area (Å²) in [4.78, 5) is 3.94. The van der Waals surface area contributed by atoms with Gasteiger partial charge in [0.05, 0.1) is 6.10 Å². The van der Waals surface area contributed by atoms with Gasteiger partial charge < -0.3 is 9.84 Å². The maximum atomic E-state index is 8.93. The number of aliphatic hydroxyl groups excluding tert-OH is 1. The van der Waals surface area contributed by atoms with Crippen LogP contribution in [0.15, 0.2) is 22.9 Å². The molecule has 0 amide bonds. The first kappa shape index (κ1) is 9.48. The Balaban J connectivity index is 2.52. The number of hydrogen-bond donors (Lipinski definition) is 1. The number of nitrogens with zero attached hydrogens (tertiary/aromatic N) is 1. The van der Waals surface area contributed by atoms with Crippen molar-refractivity contribution < 1.29 is 9.84 Å². The summed E-state index contributed by atoms with van der Waals surface area (Å²) in [7, 11) is 0. The number of halogens is 1. The summed E-state index contributed by atoms with van der Waals surface area (Å²) in [5.74, 6) is 0.706. The zero-order chi connectivity index (χ0) is 8.97. The Morgan fingerprint density at radius 2 is 2.50 bits per heavy atom. The van der Waals surface area contributed by atoms with Gasteiger partial charge >= 0.3 is 0 Å². The van der Waals surface area contributed by atoms with Gasteiger partial charge in [-0.3, -0.25) is 0 Å². The normalized spacial score (nSPS) is 12.6. The summed E-state index contributed by atoms with van der Waals surface area (Å²) in [6, 6.07) is 3.50. The third-order valence-corrected chi connectivity index (χ3v) is 1.62. The van der Waals surface area contributed by atoms with E-state index in [-0.39, 0.29) is 0 Å². The quantitative estimate of drug-likeness (QED) is 0.805. The molecule has 0 spiro atoms.